The molecule has 1 amide bonds. The predicted molar refractivity (Wildman–Crippen MR) is 124 cm³/mol. The van der Waals surface area contributed by atoms with Crippen LogP contribution in [0.15, 0.2) is 66.0 Å². The van der Waals surface area contributed by atoms with Crippen LogP contribution >= 0.6 is 11.8 Å². The number of aryl methyl sites for hydroxylation is 2. The molecule has 2 aromatic carbocycles. The van der Waals surface area contributed by atoms with Crippen molar-refractivity contribution in [1.82, 2.24) is 24.5 Å². The smallest absolute Gasteiger partial charge is 0.234 e. The van der Waals surface area contributed by atoms with E-state index in [2.05, 4.69) is 27.5 Å². The van der Waals surface area contributed by atoms with Gasteiger partial charge >= 0.3 is 0 Å². The van der Waals surface area contributed by atoms with Gasteiger partial charge in [-0.2, -0.15) is 5.10 Å². The third-order valence-electron chi connectivity index (χ3n) is 4.90. The van der Waals surface area contributed by atoms with Gasteiger partial charge in [0.15, 0.2) is 11.0 Å². The molecule has 0 spiro atoms. The maximum atomic E-state index is 12.4. The van der Waals surface area contributed by atoms with Gasteiger partial charge in [0.2, 0.25) is 5.91 Å². The number of nitrogens with zero attached hydrogens (tertiary/aromatic N) is 5. The standard InChI is InChI=1S/C23H24N6OS/c1-4-16-9-8-12-18(13-16)24-20(30)15-31-23-26-25-22(29(23)3)19-14-28(2)27-21(19)17-10-6-5-7-11-17/h5-14H,4,15H2,1-3H3,(H,24,30). The zero-order chi connectivity index (χ0) is 21.8. The van der Waals surface area contributed by atoms with Gasteiger partial charge in [-0.05, 0) is 24.1 Å². The van der Waals surface area contributed by atoms with Gasteiger partial charge in [-0.25, -0.2) is 0 Å². The molecule has 4 aromatic rings. The molecule has 0 fully saturated rings. The summed E-state index contributed by atoms with van der Waals surface area (Å²) < 4.78 is 3.68. The summed E-state index contributed by atoms with van der Waals surface area (Å²) in [6, 6.07) is 17.9. The lowest BCUT2D eigenvalue weighted by Crippen LogP contribution is -2.14. The summed E-state index contributed by atoms with van der Waals surface area (Å²) >= 11 is 1.36. The van der Waals surface area contributed by atoms with E-state index in [1.165, 1.54) is 17.3 Å². The van der Waals surface area contributed by atoms with Crippen molar-refractivity contribution >= 4 is 23.4 Å². The highest BCUT2D eigenvalue weighted by molar-refractivity contribution is 7.99. The first-order valence-electron chi connectivity index (χ1n) is 10.1. The van der Waals surface area contributed by atoms with Crippen molar-refractivity contribution in [2.45, 2.75) is 18.5 Å². The highest BCUT2D eigenvalue weighted by Gasteiger charge is 2.19. The van der Waals surface area contributed by atoms with Crippen molar-refractivity contribution in [3.8, 4) is 22.6 Å². The van der Waals surface area contributed by atoms with Crippen LogP contribution in [0.4, 0.5) is 5.69 Å². The number of aromatic nitrogens is 5. The summed E-state index contributed by atoms with van der Waals surface area (Å²) in [5.74, 6) is 0.889. The first-order chi connectivity index (χ1) is 15.0. The van der Waals surface area contributed by atoms with Crippen LogP contribution in [-0.4, -0.2) is 36.2 Å². The fraction of sp³-hybridized carbons (Fsp3) is 0.217. The lowest BCUT2D eigenvalue weighted by molar-refractivity contribution is -0.113. The Balaban J connectivity index is 1.49. The Hall–Kier alpha value is -3.39. The maximum Gasteiger partial charge on any atom is 0.234 e. The zero-order valence-corrected chi connectivity index (χ0v) is 18.6. The highest BCUT2D eigenvalue weighted by Crippen LogP contribution is 2.31. The number of nitrogens with one attached hydrogen (secondary N) is 1. The summed E-state index contributed by atoms with van der Waals surface area (Å²) in [6.45, 7) is 2.09. The second-order valence-electron chi connectivity index (χ2n) is 7.19. The normalized spacial score (nSPS) is 10.9. The monoisotopic (exact) mass is 432 g/mol. The third-order valence-corrected chi connectivity index (χ3v) is 5.92. The van der Waals surface area contributed by atoms with Crippen LogP contribution in [0.5, 0.6) is 0 Å². The second kappa shape index (κ2) is 9.18. The van der Waals surface area contributed by atoms with E-state index in [1.807, 2.05) is 79.5 Å². The van der Waals surface area contributed by atoms with Crippen molar-refractivity contribution in [2.24, 2.45) is 14.1 Å². The summed E-state index contributed by atoms with van der Waals surface area (Å²) in [5, 5.41) is 16.9. The van der Waals surface area contributed by atoms with E-state index in [9.17, 15) is 4.79 Å². The minimum atomic E-state index is -0.0749. The average Bonchev–Trinajstić information content (AvgIpc) is 3.35. The molecule has 0 radical (unpaired) electrons. The van der Waals surface area contributed by atoms with Gasteiger partial charge in [0, 0.05) is 31.5 Å². The van der Waals surface area contributed by atoms with Crippen molar-refractivity contribution in [3.63, 3.8) is 0 Å². The van der Waals surface area contributed by atoms with Crippen LogP contribution < -0.4 is 5.32 Å². The van der Waals surface area contributed by atoms with Crippen LogP contribution in [-0.2, 0) is 25.3 Å². The van der Waals surface area contributed by atoms with E-state index in [0.29, 0.717) is 11.0 Å². The number of hydrogen-bond acceptors (Lipinski definition) is 5. The average molecular weight is 433 g/mol. The molecule has 0 saturated heterocycles. The Bertz CT molecular complexity index is 1200. The van der Waals surface area contributed by atoms with Gasteiger partial charge in [-0.15, -0.1) is 10.2 Å². The molecule has 1 N–H and O–H groups in total. The van der Waals surface area contributed by atoms with Crippen LogP contribution in [0, 0.1) is 0 Å². The van der Waals surface area contributed by atoms with E-state index in [4.69, 9.17) is 0 Å². The lowest BCUT2D eigenvalue weighted by Gasteiger charge is -2.07. The molecule has 0 aliphatic heterocycles. The molecular formula is C23H24N6OS. The largest absolute Gasteiger partial charge is 0.325 e. The number of carbonyl (C=O) groups excluding carboxylic acids is 1. The van der Waals surface area contributed by atoms with Crippen LogP contribution in [0.3, 0.4) is 0 Å². The van der Waals surface area contributed by atoms with Crippen LogP contribution in [0.25, 0.3) is 22.6 Å². The molecule has 31 heavy (non-hydrogen) atoms. The Morgan fingerprint density at radius 2 is 1.87 bits per heavy atom. The first kappa shape index (κ1) is 20.9. The molecule has 2 heterocycles. The summed E-state index contributed by atoms with van der Waals surface area (Å²) in [6.07, 6.45) is 2.87. The molecule has 0 atom stereocenters. The van der Waals surface area contributed by atoms with Crippen LogP contribution in [0.2, 0.25) is 0 Å². The fourth-order valence-corrected chi connectivity index (χ4v) is 4.04. The maximum absolute atomic E-state index is 12.4. The second-order valence-corrected chi connectivity index (χ2v) is 8.13. The Morgan fingerprint density at radius 1 is 1.06 bits per heavy atom. The van der Waals surface area contributed by atoms with Gasteiger partial charge < -0.3 is 9.88 Å². The molecule has 2 aromatic heterocycles. The molecule has 7 nitrogen and oxygen atoms in total. The lowest BCUT2D eigenvalue weighted by atomic mass is 10.1. The first-order valence-corrected chi connectivity index (χ1v) is 11.0. The SMILES string of the molecule is CCc1cccc(NC(=O)CSc2nnc(-c3cn(C)nc3-c3ccccc3)n2C)c1. The van der Waals surface area contributed by atoms with Gasteiger partial charge in [0.1, 0.15) is 5.69 Å². The molecule has 158 valence electrons. The van der Waals surface area contributed by atoms with Gasteiger partial charge in [0.05, 0.1) is 11.3 Å². The minimum absolute atomic E-state index is 0.0749. The molecule has 4 rings (SSSR count). The number of carbonyl (C=O) groups is 1. The number of amides is 1. The zero-order valence-electron chi connectivity index (χ0n) is 17.7. The van der Waals surface area contributed by atoms with E-state index in [0.717, 1.165) is 28.9 Å². The number of hydrogen-bond donors (Lipinski definition) is 1. The van der Waals surface area contributed by atoms with Crippen molar-refractivity contribution in [2.75, 3.05) is 11.1 Å². The van der Waals surface area contributed by atoms with Crippen molar-refractivity contribution in [3.05, 3.63) is 66.4 Å². The molecule has 0 aliphatic rings. The molecular weight excluding hydrogens is 408 g/mol. The minimum Gasteiger partial charge on any atom is -0.325 e. The molecule has 0 unspecified atom stereocenters. The number of anilines is 1. The quantitative estimate of drug-likeness (QED) is 0.444. The highest BCUT2D eigenvalue weighted by atomic mass is 32.2. The molecule has 0 aliphatic carbocycles. The van der Waals surface area contributed by atoms with Gasteiger partial charge in [-0.1, -0.05) is 61.2 Å². The summed E-state index contributed by atoms with van der Waals surface area (Å²) in [4.78, 5) is 12.4. The number of rotatable bonds is 7. The fourth-order valence-electron chi connectivity index (χ4n) is 3.33. The number of thioether (sulfide) groups is 1. The van der Waals surface area contributed by atoms with Crippen molar-refractivity contribution in [1.29, 1.82) is 0 Å². The van der Waals surface area contributed by atoms with Gasteiger partial charge in [0.25, 0.3) is 0 Å². The summed E-state index contributed by atoms with van der Waals surface area (Å²) in [5.41, 5.74) is 4.77. The predicted octanol–water partition coefficient (Wildman–Crippen LogP) is 4.18. The van der Waals surface area contributed by atoms with E-state index in [1.54, 1.807) is 4.68 Å². The molecule has 0 saturated carbocycles. The summed E-state index contributed by atoms with van der Waals surface area (Å²) in [7, 11) is 3.79. The van der Waals surface area contributed by atoms with Crippen LogP contribution in [0.1, 0.15) is 12.5 Å². The molecule has 8 heteroatoms. The third kappa shape index (κ3) is 4.69. The van der Waals surface area contributed by atoms with E-state index >= 15 is 0 Å². The van der Waals surface area contributed by atoms with Crippen molar-refractivity contribution < 1.29 is 4.79 Å². The Morgan fingerprint density at radius 3 is 2.65 bits per heavy atom. The van der Waals surface area contributed by atoms with E-state index in [-0.39, 0.29) is 11.7 Å². The van der Waals surface area contributed by atoms with Gasteiger partial charge in [-0.3, -0.25) is 9.48 Å². The Kier molecular flexibility index (Phi) is 6.18. The van der Waals surface area contributed by atoms with E-state index < -0.39 is 0 Å². The molecule has 0 bridgehead atoms. The Labute approximate surface area is 185 Å². The number of benzene rings is 2. The topological polar surface area (TPSA) is 77.6 Å².